The van der Waals surface area contributed by atoms with Gasteiger partial charge in [0.1, 0.15) is 29.2 Å². The molecule has 2 aromatic heterocycles. The standard InChI is InChI=1S/C26H27ClN8O2/c1-26(2)13-35(8-9-36-26)25-28-12-20-23(33-25)24(30-14-29-20)32-16-4-7-22(18(27)10-16)37-17-5-6-21-19(11-17)31-15-34(21)3/h4-7,10-12,14-15,25,33H,8-9,13H2,1-3H3,(H,29,30,32). The first-order valence-electron chi connectivity index (χ1n) is 12.0. The maximum atomic E-state index is 6.59. The summed E-state index contributed by atoms with van der Waals surface area (Å²) in [6.07, 6.45) is 4.85. The van der Waals surface area contributed by atoms with E-state index in [9.17, 15) is 0 Å². The minimum absolute atomic E-state index is 0.224. The van der Waals surface area contributed by atoms with Gasteiger partial charge in [0.2, 0.25) is 0 Å². The van der Waals surface area contributed by atoms with Gasteiger partial charge in [0.05, 0.1) is 40.8 Å². The van der Waals surface area contributed by atoms with Crippen LogP contribution in [0.5, 0.6) is 11.5 Å². The summed E-state index contributed by atoms with van der Waals surface area (Å²) in [5, 5.41) is 7.32. The van der Waals surface area contributed by atoms with Gasteiger partial charge in [-0.3, -0.25) is 9.89 Å². The number of aryl methyl sites for hydroxylation is 1. The SMILES string of the molecule is Cn1cnc2cc(Oc3ccc(Nc4ncnc5c4NC(N4CCOC(C)(C)C4)N=C5)cc3Cl)ccc21. The van der Waals surface area contributed by atoms with Gasteiger partial charge in [0.25, 0.3) is 0 Å². The van der Waals surface area contributed by atoms with E-state index in [1.165, 1.54) is 6.33 Å². The van der Waals surface area contributed by atoms with Crippen LogP contribution in [-0.2, 0) is 11.8 Å². The molecule has 0 radical (unpaired) electrons. The molecule has 0 saturated carbocycles. The largest absolute Gasteiger partial charge is 0.456 e. The van der Waals surface area contributed by atoms with Gasteiger partial charge < -0.3 is 24.7 Å². The minimum atomic E-state index is -0.228. The summed E-state index contributed by atoms with van der Waals surface area (Å²) in [5.41, 5.74) is 3.94. The molecular formula is C26H27ClN8O2. The molecule has 37 heavy (non-hydrogen) atoms. The molecule has 2 aliphatic heterocycles. The summed E-state index contributed by atoms with van der Waals surface area (Å²) in [5.74, 6) is 1.85. The van der Waals surface area contributed by atoms with Gasteiger partial charge in [0, 0.05) is 31.9 Å². The third kappa shape index (κ3) is 4.83. The van der Waals surface area contributed by atoms with E-state index in [0.717, 1.165) is 41.2 Å². The Morgan fingerprint density at radius 1 is 1.16 bits per heavy atom. The van der Waals surface area contributed by atoms with Crippen LogP contribution >= 0.6 is 11.6 Å². The lowest BCUT2D eigenvalue weighted by molar-refractivity contribution is -0.0936. The molecule has 0 amide bonds. The second-order valence-corrected chi connectivity index (χ2v) is 10.1. The molecule has 1 unspecified atom stereocenters. The average molecular weight is 519 g/mol. The molecule has 11 heteroatoms. The maximum absolute atomic E-state index is 6.59. The number of hydrogen-bond donors (Lipinski definition) is 2. The zero-order chi connectivity index (χ0) is 25.6. The van der Waals surface area contributed by atoms with Crippen molar-refractivity contribution in [1.29, 1.82) is 0 Å². The van der Waals surface area contributed by atoms with Crippen LogP contribution in [0.25, 0.3) is 11.0 Å². The van der Waals surface area contributed by atoms with Crippen molar-refractivity contribution in [3.63, 3.8) is 0 Å². The second kappa shape index (κ2) is 9.29. The number of nitrogens with zero attached hydrogens (tertiary/aromatic N) is 6. The van der Waals surface area contributed by atoms with Crippen LogP contribution in [0.4, 0.5) is 17.2 Å². The van der Waals surface area contributed by atoms with Gasteiger partial charge in [-0.2, -0.15) is 0 Å². The zero-order valence-electron chi connectivity index (χ0n) is 20.8. The Balaban J connectivity index is 1.19. The first-order valence-corrected chi connectivity index (χ1v) is 12.4. The lowest BCUT2D eigenvalue weighted by atomic mass is 10.1. The highest BCUT2D eigenvalue weighted by molar-refractivity contribution is 6.32. The van der Waals surface area contributed by atoms with E-state index in [1.54, 1.807) is 12.5 Å². The number of halogens is 1. The van der Waals surface area contributed by atoms with Crippen molar-refractivity contribution in [3.05, 3.63) is 59.8 Å². The Morgan fingerprint density at radius 3 is 2.89 bits per heavy atom. The first-order chi connectivity index (χ1) is 17.8. The van der Waals surface area contributed by atoms with Crippen LogP contribution < -0.4 is 15.4 Å². The normalized spacial score (nSPS) is 18.9. The first kappa shape index (κ1) is 23.7. The van der Waals surface area contributed by atoms with Crippen LogP contribution in [-0.4, -0.2) is 62.2 Å². The van der Waals surface area contributed by atoms with Crippen LogP contribution in [0, 0.1) is 0 Å². The van der Waals surface area contributed by atoms with Crippen LogP contribution in [0.1, 0.15) is 19.5 Å². The lowest BCUT2D eigenvalue weighted by Gasteiger charge is -2.41. The number of aromatic nitrogens is 4. The van der Waals surface area contributed by atoms with Crippen molar-refractivity contribution < 1.29 is 9.47 Å². The van der Waals surface area contributed by atoms with Crippen molar-refractivity contribution >= 4 is 46.0 Å². The molecule has 0 bridgehead atoms. The van der Waals surface area contributed by atoms with Gasteiger partial charge in [0.15, 0.2) is 12.1 Å². The summed E-state index contributed by atoms with van der Waals surface area (Å²) in [7, 11) is 1.96. The predicted molar refractivity (Wildman–Crippen MR) is 144 cm³/mol. The molecule has 10 nitrogen and oxygen atoms in total. The predicted octanol–water partition coefficient (Wildman–Crippen LogP) is 4.79. The molecule has 0 aliphatic carbocycles. The smallest absolute Gasteiger partial charge is 0.176 e. The molecule has 190 valence electrons. The van der Waals surface area contributed by atoms with Gasteiger partial charge in [-0.15, -0.1) is 0 Å². The maximum Gasteiger partial charge on any atom is 0.176 e. The Hall–Kier alpha value is -3.73. The molecule has 2 aromatic carbocycles. The number of aliphatic imine (C=N–C) groups is 1. The number of imidazole rings is 1. The molecular weight excluding hydrogens is 492 g/mol. The molecule has 4 heterocycles. The van der Waals surface area contributed by atoms with Gasteiger partial charge in [-0.1, -0.05) is 11.6 Å². The van der Waals surface area contributed by atoms with Crippen LogP contribution in [0.3, 0.4) is 0 Å². The van der Waals surface area contributed by atoms with E-state index >= 15 is 0 Å². The van der Waals surface area contributed by atoms with Crippen molar-refractivity contribution in [2.75, 3.05) is 30.3 Å². The van der Waals surface area contributed by atoms with Crippen molar-refractivity contribution in [1.82, 2.24) is 24.4 Å². The summed E-state index contributed by atoms with van der Waals surface area (Å²) >= 11 is 6.59. The van der Waals surface area contributed by atoms with E-state index in [0.29, 0.717) is 28.9 Å². The second-order valence-electron chi connectivity index (χ2n) is 9.74. The van der Waals surface area contributed by atoms with Gasteiger partial charge in [-0.25, -0.2) is 15.0 Å². The Kier molecular flexibility index (Phi) is 5.94. The quantitative estimate of drug-likeness (QED) is 0.389. The molecule has 0 spiro atoms. The molecule has 1 saturated heterocycles. The Bertz CT molecular complexity index is 1500. The number of fused-ring (bicyclic) bond motifs is 2. The van der Waals surface area contributed by atoms with Crippen LogP contribution in [0.2, 0.25) is 5.02 Å². The highest BCUT2D eigenvalue weighted by Gasteiger charge is 2.33. The zero-order valence-corrected chi connectivity index (χ0v) is 21.5. The van der Waals surface area contributed by atoms with Crippen LogP contribution in [0.15, 0.2) is 54.0 Å². The van der Waals surface area contributed by atoms with E-state index in [4.69, 9.17) is 21.1 Å². The summed E-state index contributed by atoms with van der Waals surface area (Å²) in [6.45, 7) is 6.38. The van der Waals surface area contributed by atoms with Gasteiger partial charge >= 0.3 is 0 Å². The van der Waals surface area contributed by atoms with Crippen molar-refractivity contribution in [2.24, 2.45) is 12.0 Å². The molecule has 2 N–H and O–H groups in total. The molecule has 1 atom stereocenters. The number of hydrogen-bond acceptors (Lipinski definition) is 9. The molecule has 2 aliphatic rings. The Morgan fingerprint density at radius 2 is 2.05 bits per heavy atom. The monoisotopic (exact) mass is 518 g/mol. The third-order valence-electron chi connectivity index (χ3n) is 6.41. The molecule has 6 rings (SSSR count). The fourth-order valence-electron chi connectivity index (χ4n) is 4.59. The molecule has 4 aromatic rings. The number of morpholine rings is 1. The highest BCUT2D eigenvalue weighted by atomic mass is 35.5. The highest BCUT2D eigenvalue weighted by Crippen LogP contribution is 2.35. The summed E-state index contributed by atoms with van der Waals surface area (Å²) < 4.78 is 13.9. The minimum Gasteiger partial charge on any atom is -0.456 e. The molecule has 1 fully saturated rings. The van der Waals surface area contributed by atoms with E-state index in [2.05, 4.69) is 49.3 Å². The number of benzene rings is 2. The lowest BCUT2D eigenvalue weighted by Crippen LogP contribution is -2.54. The van der Waals surface area contributed by atoms with E-state index < -0.39 is 0 Å². The van der Waals surface area contributed by atoms with E-state index in [-0.39, 0.29) is 11.9 Å². The topological polar surface area (TPSA) is 102 Å². The van der Waals surface area contributed by atoms with Gasteiger partial charge in [-0.05, 0) is 44.2 Å². The average Bonchev–Trinajstić information content (AvgIpc) is 3.25. The number of ether oxygens (including phenoxy) is 2. The fraction of sp³-hybridized carbons (Fsp3) is 0.308. The number of nitrogens with one attached hydrogen (secondary N) is 2. The summed E-state index contributed by atoms with van der Waals surface area (Å²) in [6, 6.07) is 11.3. The fourth-order valence-corrected chi connectivity index (χ4v) is 4.81. The summed E-state index contributed by atoms with van der Waals surface area (Å²) in [4.78, 5) is 20.2. The van der Waals surface area contributed by atoms with E-state index in [1.807, 2.05) is 48.0 Å². The Labute approximate surface area is 219 Å². The number of anilines is 3. The third-order valence-corrected chi connectivity index (χ3v) is 6.70. The van der Waals surface area contributed by atoms with Crippen molar-refractivity contribution in [3.8, 4) is 11.5 Å². The van der Waals surface area contributed by atoms with Crippen molar-refractivity contribution in [2.45, 2.75) is 25.7 Å². The number of rotatable bonds is 5.